The number of nitrogens with one attached hydrogen (secondary N) is 1. The topological polar surface area (TPSA) is 21.3 Å². The molecule has 3 rings (SSSR count). The minimum atomic E-state index is 0.511. The third-order valence-electron chi connectivity index (χ3n) is 4.66. The van der Waals surface area contributed by atoms with Gasteiger partial charge in [0.2, 0.25) is 0 Å². The molecule has 0 bridgehead atoms. The summed E-state index contributed by atoms with van der Waals surface area (Å²) in [4.78, 5) is 0. The summed E-state index contributed by atoms with van der Waals surface area (Å²) in [6.45, 7) is 4.22. The molecule has 0 amide bonds. The van der Waals surface area contributed by atoms with Gasteiger partial charge in [0.05, 0.1) is 6.10 Å². The quantitative estimate of drug-likeness (QED) is 0.894. The van der Waals surface area contributed by atoms with Gasteiger partial charge in [0.25, 0.3) is 0 Å². The highest BCUT2D eigenvalue weighted by molar-refractivity contribution is 5.33. The highest BCUT2D eigenvalue weighted by Crippen LogP contribution is 2.38. The van der Waals surface area contributed by atoms with Crippen LogP contribution in [0.5, 0.6) is 0 Å². The zero-order chi connectivity index (χ0) is 13.1. The fraction of sp³-hybridized carbons (Fsp3) is 0.647. The molecular weight excluding hydrogens is 234 g/mol. The van der Waals surface area contributed by atoms with Crippen molar-refractivity contribution in [3.63, 3.8) is 0 Å². The van der Waals surface area contributed by atoms with Crippen molar-refractivity contribution in [3.05, 3.63) is 35.4 Å². The second kappa shape index (κ2) is 6.06. The lowest BCUT2D eigenvalue weighted by Crippen LogP contribution is -2.34. The maximum atomic E-state index is 5.84. The lowest BCUT2D eigenvalue weighted by atomic mass is 9.77. The van der Waals surface area contributed by atoms with Gasteiger partial charge in [-0.25, -0.2) is 0 Å². The fourth-order valence-corrected chi connectivity index (χ4v) is 3.75. The summed E-state index contributed by atoms with van der Waals surface area (Å²) in [6, 6.07) is 9.48. The van der Waals surface area contributed by atoms with E-state index < -0.39 is 0 Å². The van der Waals surface area contributed by atoms with Crippen molar-refractivity contribution >= 4 is 0 Å². The standard InChI is InChI=1S/C17H25NO/c1-2-18-17-14(12-15-7-5-11-19-15)10-9-13-6-3-4-8-16(13)17/h3-4,6,8,14-15,17-18H,2,5,7,9-12H2,1H3. The first-order valence-corrected chi connectivity index (χ1v) is 7.81. The molecule has 2 nitrogen and oxygen atoms in total. The average Bonchev–Trinajstić information content (AvgIpc) is 2.94. The summed E-state index contributed by atoms with van der Waals surface area (Å²) < 4.78 is 5.84. The van der Waals surface area contributed by atoms with E-state index in [0.717, 1.165) is 19.1 Å². The van der Waals surface area contributed by atoms with Gasteiger partial charge in [-0.05, 0) is 55.7 Å². The van der Waals surface area contributed by atoms with E-state index in [4.69, 9.17) is 4.74 Å². The molecule has 1 aliphatic carbocycles. The van der Waals surface area contributed by atoms with Crippen LogP contribution in [0.25, 0.3) is 0 Å². The summed E-state index contributed by atoms with van der Waals surface area (Å²) in [6.07, 6.45) is 6.78. The summed E-state index contributed by atoms with van der Waals surface area (Å²) in [5.74, 6) is 0.734. The van der Waals surface area contributed by atoms with E-state index >= 15 is 0 Å². The van der Waals surface area contributed by atoms with Gasteiger partial charge in [0.15, 0.2) is 0 Å². The van der Waals surface area contributed by atoms with Crippen molar-refractivity contribution in [1.29, 1.82) is 0 Å². The van der Waals surface area contributed by atoms with Crippen LogP contribution in [-0.2, 0) is 11.2 Å². The molecule has 3 atom stereocenters. The number of rotatable bonds is 4. The number of aryl methyl sites for hydroxylation is 1. The van der Waals surface area contributed by atoms with Crippen molar-refractivity contribution in [2.75, 3.05) is 13.2 Å². The zero-order valence-corrected chi connectivity index (χ0v) is 11.9. The smallest absolute Gasteiger partial charge is 0.0579 e. The van der Waals surface area contributed by atoms with Crippen LogP contribution in [0.2, 0.25) is 0 Å². The SMILES string of the molecule is CCNC1c2ccccc2CCC1CC1CCCO1. The number of fused-ring (bicyclic) bond motifs is 1. The van der Waals surface area contributed by atoms with Crippen LogP contribution in [0.3, 0.4) is 0 Å². The van der Waals surface area contributed by atoms with Crippen LogP contribution in [0.4, 0.5) is 0 Å². The Hall–Kier alpha value is -0.860. The van der Waals surface area contributed by atoms with Crippen molar-refractivity contribution < 1.29 is 4.74 Å². The van der Waals surface area contributed by atoms with Crippen LogP contribution < -0.4 is 5.32 Å². The van der Waals surface area contributed by atoms with Crippen LogP contribution in [-0.4, -0.2) is 19.3 Å². The second-order valence-electron chi connectivity index (χ2n) is 5.90. The third-order valence-corrected chi connectivity index (χ3v) is 4.66. The molecule has 1 aliphatic heterocycles. The largest absolute Gasteiger partial charge is 0.378 e. The first-order chi connectivity index (χ1) is 9.38. The van der Waals surface area contributed by atoms with Crippen molar-refractivity contribution in [2.24, 2.45) is 5.92 Å². The van der Waals surface area contributed by atoms with Crippen LogP contribution in [0.15, 0.2) is 24.3 Å². The summed E-state index contributed by atoms with van der Waals surface area (Å²) in [5.41, 5.74) is 3.07. The predicted octanol–water partition coefficient (Wildman–Crippen LogP) is 3.47. The van der Waals surface area contributed by atoms with Crippen molar-refractivity contribution in [1.82, 2.24) is 5.32 Å². The molecule has 1 fully saturated rings. The molecule has 1 N–H and O–H groups in total. The van der Waals surface area contributed by atoms with E-state index in [-0.39, 0.29) is 0 Å². The molecule has 0 radical (unpaired) electrons. The summed E-state index contributed by atoms with van der Waals surface area (Å²) in [5, 5.41) is 3.71. The lowest BCUT2D eigenvalue weighted by molar-refractivity contribution is 0.0795. The fourth-order valence-electron chi connectivity index (χ4n) is 3.75. The Morgan fingerprint density at radius 2 is 2.16 bits per heavy atom. The molecule has 2 aliphatic rings. The Balaban J connectivity index is 1.77. The molecule has 1 aromatic rings. The number of hydrogen-bond donors (Lipinski definition) is 1. The Bertz CT molecular complexity index is 411. The molecule has 1 aromatic carbocycles. The first-order valence-electron chi connectivity index (χ1n) is 7.81. The Morgan fingerprint density at radius 3 is 2.95 bits per heavy atom. The minimum absolute atomic E-state index is 0.511. The van der Waals surface area contributed by atoms with E-state index in [1.54, 1.807) is 0 Å². The van der Waals surface area contributed by atoms with Gasteiger partial charge in [-0.2, -0.15) is 0 Å². The maximum Gasteiger partial charge on any atom is 0.0579 e. The van der Waals surface area contributed by atoms with Gasteiger partial charge in [0, 0.05) is 12.6 Å². The molecule has 0 saturated carbocycles. The highest BCUT2D eigenvalue weighted by Gasteiger charge is 2.31. The zero-order valence-electron chi connectivity index (χ0n) is 11.9. The molecule has 0 spiro atoms. The summed E-state index contributed by atoms with van der Waals surface area (Å²) in [7, 11) is 0. The molecular formula is C17H25NO. The van der Waals surface area contributed by atoms with Gasteiger partial charge in [-0.3, -0.25) is 0 Å². The Morgan fingerprint density at radius 1 is 1.26 bits per heavy atom. The normalized spacial score (nSPS) is 30.3. The van der Waals surface area contributed by atoms with Crippen LogP contribution in [0, 0.1) is 5.92 Å². The Kier molecular flexibility index (Phi) is 4.19. The average molecular weight is 259 g/mol. The number of ether oxygens (including phenoxy) is 1. The van der Waals surface area contributed by atoms with Crippen molar-refractivity contribution in [2.45, 2.75) is 51.2 Å². The van der Waals surface area contributed by atoms with Gasteiger partial charge in [0.1, 0.15) is 0 Å². The maximum absolute atomic E-state index is 5.84. The Labute approximate surface area is 116 Å². The summed E-state index contributed by atoms with van der Waals surface area (Å²) >= 11 is 0. The minimum Gasteiger partial charge on any atom is -0.378 e. The monoisotopic (exact) mass is 259 g/mol. The van der Waals surface area contributed by atoms with E-state index in [0.29, 0.717) is 12.1 Å². The van der Waals surface area contributed by atoms with Gasteiger partial charge < -0.3 is 10.1 Å². The van der Waals surface area contributed by atoms with E-state index in [9.17, 15) is 0 Å². The molecule has 1 saturated heterocycles. The predicted molar refractivity (Wildman–Crippen MR) is 78.3 cm³/mol. The van der Waals surface area contributed by atoms with Crippen molar-refractivity contribution in [3.8, 4) is 0 Å². The second-order valence-corrected chi connectivity index (χ2v) is 5.90. The van der Waals surface area contributed by atoms with E-state index in [1.165, 1.54) is 43.2 Å². The van der Waals surface area contributed by atoms with Gasteiger partial charge in [-0.15, -0.1) is 0 Å². The number of benzene rings is 1. The molecule has 19 heavy (non-hydrogen) atoms. The van der Waals surface area contributed by atoms with Crippen LogP contribution >= 0.6 is 0 Å². The lowest BCUT2D eigenvalue weighted by Gasteiger charge is -2.35. The molecule has 0 aromatic heterocycles. The first kappa shape index (κ1) is 13.1. The molecule has 2 heteroatoms. The molecule has 1 heterocycles. The van der Waals surface area contributed by atoms with E-state index in [2.05, 4.69) is 36.5 Å². The number of hydrogen-bond acceptors (Lipinski definition) is 2. The van der Waals surface area contributed by atoms with Gasteiger partial charge >= 0.3 is 0 Å². The molecule has 3 unspecified atom stereocenters. The third kappa shape index (κ3) is 2.85. The van der Waals surface area contributed by atoms with Gasteiger partial charge in [-0.1, -0.05) is 31.2 Å². The van der Waals surface area contributed by atoms with E-state index in [1.807, 2.05) is 0 Å². The highest BCUT2D eigenvalue weighted by atomic mass is 16.5. The molecule has 104 valence electrons. The van der Waals surface area contributed by atoms with Crippen LogP contribution in [0.1, 0.15) is 49.8 Å².